The average molecular weight is 195 g/mol. The Kier molecular flexibility index (Phi) is 3.34. The van der Waals surface area contributed by atoms with Gasteiger partial charge in [0, 0.05) is 0 Å². The van der Waals surface area contributed by atoms with Gasteiger partial charge in [0.1, 0.15) is 0 Å². The predicted molar refractivity (Wildman–Crippen MR) is 52.3 cm³/mol. The van der Waals surface area contributed by atoms with Crippen molar-refractivity contribution in [2.75, 3.05) is 7.11 Å². The Bertz CT molecular complexity index is 325. The summed E-state index contributed by atoms with van der Waals surface area (Å²) >= 11 is 0. The van der Waals surface area contributed by atoms with Crippen LogP contribution in [0, 0.1) is 0 Å². The molecule has 0 heterocycles. The number of carbonyl (C=O) groups excluding carboxylic acids is 1. The molecule has 1 aromatic carbocycles. The number of rotatable bonds is 4. The molecule has 0 aromatic heterocycles. The van der Waals surface area contributed by atoms with Crippen LogP contribution in [0.3, 0.4) is 0 Å². The van der Waals surface area contributed by atoms with Gasteiger partial charge in [-0.3, -0.25) is 4.79 Å². The van der Waals surface area contributed by atoms with E-state index in [1.807, 2.05) is 6.07 Å². The van der Waals surface area contributed by atoms with Crippen molar-refractivity contribution < 1.29 is 14.3 Å². The fraction of sp³-hybridized carbons (Fsp3) is 0.300. The molecule has 14 heavy (non-hydrogen) atoms. The molecule has 0 aliphatic heterocycles. The van der Waals surface area contributed by atoms with Crippen molar-refractivity contribution in [1.82, 2.24) is 0 Å². The zero-order valence-corrected chi connectivity index (χ0v) is 8.19. The maximum absolute atomic E-state index is 10.8. The van der Waals surface area contributed by atoms with E-state index in [9.17, 15) is 4.79 Å². The highest BCUT2D eigenvalue weighted by Crippen LogP contribution is 2.26. The minimum atomic E-state index is -0.661. The van der Waals surface area contributed by atoms with Crippen LogP contribution in [-0.4, -0.2) is 19.1 Å². The molecule has 0 unspecified atom stereocenters. The van der Waals surface area contributed by atoms with Gasteiger partial charge in [-0.25, -0.2) is 0 Å². The van der Waals surface area contributed by atoms with Crippen molar-refractivity contribution in [2.24, 2.45) is 5.73 Å². The lowest BCUT2D eigenvalue weighted by atomic mass is 10.3. The number of hydrogen-bond acceptors (Lipinski definition) is 3. The summed E-state index contributed by atoms with van der Waals surface area (Å²) in [5.41, 5.74) is 5.07. The molecule has 76 valence electrons. The fourth-order valence-electron chi connectivity index (χ4n) is 0.965. The number of amides is 1. The highest BCUT2D eigenvalue weighted by Gasteiger charge is 2.12. The van der Waals surface area contributed by atoms with E-state index >= 15 is 0 Å². The molecule has 0 bridgehead atoms. The van der Waals surface area contributed by atoms with Crippen LogP contribution < -0.4 is 15.2 Å². The molecule has 0 saturated heterocycles. The van der Waals surface area contributed by atoms with Gasteiger partial charge in [-0.15, -0.1) is 0 Å². The summed E-state index contributed by atoms with van der Waals surface area (Å²) in [7, 11) is 1.54. The molecule has 0 spiro atoms. The molecule has 1 atom stereocenters. The van der Waals surface area contributed by atoms with Crippen LogP contribution in [0.15, 0.2) is 24.3 Å². The van der Waals surface area contributed by atoms with E-state index in [-0.39, 0.29) is 0 Å². The first kappa shape index (κ1) is 10.4. The van der Waals surface area contributed by atoms with Crippen LogP contribution in [0.1, 0.15) is 6.92 Å². The van der Waals surface area contributed by atoms with Gasteiger partial charge in [0.2, 0.25) is 0 Å². The molecule has 0 radical (unpaired) electrons. The monoisotopic (exact) mass is 195 g/mol. The fourth-order valence-corrected chi connectivity index (χ4v) is 0.965. The normalized spacial score (nSPS) is 11.9. The number of ether oxygens (including phenoxy) is 2. The van der Waals surface area contributed by atoms with E-state index in [1.165, 1.54) is 7.11 Å². The Morgan fingerprint density at radius 1 is 1.36 bits per heavy atom. The van der Waals surface area contributed by atoms with Crippen molar-refractivity contribution in [3.8, 4) is 11.5 Å². The number of para-hydroxylation sites is 2. The smallest absolute Gasteiger partial charge is 0.258 e. The molecular weight excluding hydrogens is 182 g/mol. The minimum absolute atomic E-state index is 0.504. The molecule has 1 rings (SSSR count). The first-order valence-corrected chi connectivity index (χ1v) is 4.24. The van der Waals surface area contributed by atoms with Gasteiger partial charge >= 0.3 is 0 Å². The Morgan fingerprint density at radius 2 is 1.93 bits per heavy atom. The van der Waals surface area contributed by atoms with E-state index < -0.39 is 12.0 Å². The van der Waals surface area contributed by atoms with Gasteiger partial charge in [-0.1, -0.05) is 12.1 Å². The van der Waals surface area contributed by atoms with E-state index in [1.54, 1.807) is 25.1 Å². The number of methoxy groups -OCH3 is 1. The van der Waals surface area contributed by atoms with Gasteiger partial charge in [-0.2, -0.15) is 0 Å². The maximum Gasteiger partial charge on any atom is 0.258 e. The predicted octanol–water partition coefficient (Wildman–Crippen LogP) is 0.948. The van der Waals surface area contributed by atoms with Gasteiger partial charge in [0.05, 0.1) is 7.11 Å². The summed E-state index contributed by atoms with van der Waals surface area (Å²) in [6.07, 6.45) is -0.661. The first-order chi connectivity index (χ1) is 6.65. The molecule has 2 N–H and O–H groups in total. The Labute approximate surface area is 82.6 Å². The van der Waals surface area contributed by atoms with Crippen molar-refractivity contribution >= 4 is 5.91 Å². The van der Waals surface area contributed by atoms with E-state index in [2.05, 4.69) is 0 Å². The van der Waals surface area contributed by atoms with E-state index in [0.29, 0.717) is 11.5 Å². The van der Waals surface area contributed by atoms with Gasteiger partial charge in [-0.05, 0) is 19.1 Å². The summed E-state index contributed by atoms with van der Waals surface area (Å²) < 4.78 is 10.3. The number of primary amides is 1. The van der Waals surface area contributed by atoms with E-state index in [4.69, 9.17) is 15.2 Å². The highest BCUT2D eigenvalue weighted by molar-refractivity contribution is 5.78. The highest BCUT2D eigenvalue weighted by atomic mass is 16.5. The second-order valence-corrected chi connectivity index (χ2v) is 2.81. The molecule has 1 amide bonds. The molecule has 0 aliphatic carbocycles. The van der Waals surface area contributed by atoms with Gasteiger partial charge < -0.3 is 15.2 Å². The SMILES string of the molecule is COc1ccccc1O[C@H](C)C(N)=O. The van der Waals surface area contributed by atoms with Gasteiger partial charge in [0.25, 0.3) is 5.91 Å². The van der Waals surface area contributed by atoms with Crippen LogP contribution in [-0.2, 0) is 4.79 Å². The lowest BCUT2D eigenvalue weighted by Gasteiger charge is -2.13. The summed E-state index contributed by atoms with van der Waals surface area (Å²) in [5, 5.41) is 0. The lowest BCUT2D eigenvalue weighted by Crippen LogP contribution is -2.30. The van der Waals surface area contributed by atoms with Gasteiger partial charge in [0.15, 0.2) is 17.6 Å². The van der Waals surface area contributed by atoms with Crippen LogP contribution in [0.4, 0.5) is 0 Å². The second-order valence-electron chi connectivity index (χ2n) is 2.81. The molecule has 4 nitrogen and oxygen atoms in total. The third-order valence-electron chi connectivity index (χ3n) is 1.77. The molecule has 1 aromatic rings. The Hall–Kier alpha value is -1.71. The molecular formula is C10H13NO3. The van der Waals surface area contributed by atoms with Crippen molar-refractivity contribution in [2.45, 2.75) is 13.0 Å². The van der Waals surface area contributed by atoms with Crippen molar-refractivity contribution in [1.29, 1.82) is 0 Å². The van der Waals surface area contributed by atoms with Crippen molar-refractivity contribution in [3.05, 3.63) is 24.3 Å². The Morgan fingerprint density at radius 3 is 2.43 bits per heavy atom. The molecule has 4 heteroatoms. The second kappa shape index (κ2) is 4.50. The third kappa shape index (κ3) is 2.39. The molecule has 0 aliphatic rings. The zero-order valence-electron chi connectivity index (χ0n) is 8.19. The van der Waals surface area contributed by atoms with Crippen LogP contribution >= 0.6 is 0 Å². The van der Waals surface area contributed by atoms with Crippen LogP contribution in [0.25, 0.3) is 0 Å². The average Bonchev–Trinajstić information content (AvgIpc) is 2.18. The number of benzene rings is 1. The molecule has 0 saturated carbocycles. The van der Waals surface area contributed by atoms with E-state index in [0.717, 1.165) is 0 Å². The van der Waals surface area contributed by atoms with Crippen molar-refractivity contribution in [3.63, 3.8) is 0 Å². The minimum Gasteiger partial charge on any atom is -0.493 e. The summed E-state index contributed by atoms with van der Waals surface area (Å²) in [6, 6.07) is 7.09. The van der Waals surface area contributed by atoms with Crippen LogP contribution in [0.5, 0.6) is 11.5 Å². The summed E-state index contributed by atoms with van der Waals surface area (Å²) in [6.45, 7) is 1.59. The maximum atomic E-state index is 10.8. The summed E-state index contributed by atoms with van der Waals surface area (Å²) in [4.78, 5) is 10.8. The lowest BCUT2D eigenvalue weighted by molar-refractivity contribution is -0.124. The summed E-state index contributed by atoms with van der Waals surface area (Å²) in [5.74, 6) is 0.595. The largest absolute Gasteiger partial charge is 0.493 e. The van der Waals surface area contributed by atoms with Crippen LogP contribution in [0.2, 0.25) is 0 Å². The number of carbonyl (C=O) groups is 1. The standard InChI is InChI=1S/C10H13NO3/c1-7(10(11)12)14-9-6-4-3-5-8(9)13-2/h3-7H,1-2H3,(H2,11,12)/t7-/m1/s1. The molecule has 0 fully saturated rings. The Balaban J connectivity index is 2.80. The third-order valence-corrected chi connectivity index (χ3v) is 1.77. The topological polar surface area (TPSA) is 61.6 Å². The number of nitrogens with two attached hydrogens (primary N) is 1. The zero-order chi connectivity index (χ0) is 10.6. The first-order valence-electron chi connectivity index (χ1n) is 4.24. The number of hydrogen-bond donors (Lipinski definition) is 1. The quantitative estimate of drug-likeness (QED) is 0.778.